The van der Waals surface area contributed by atoms with Gasteiger partial charge in [-0.15, -0.1) is 11.3 Å². The topological polar surface area (TPSA) is 56.7 Å². The summed E-state index contributed by atoms with van der Waals surface area (Å²) in [7, 11) is 0. The predicted molar refractivity (Wildman–Crippen MR) is 68.9 cm³/mol. The van der Waals surface area contributed by atoms with Crippen LogP contribution >= 0.6 is 11.3 Å². The van der Waals surface area contributed by atoms with Crippen LogP contribution < -0.4 is 0 Å². The summed E-state index contributed by atoms with van der Waals surface area (Å²) in [6.07, 6.45) is 0.0972. The predicted octanol–water partition coefficient (Wildman–Crippen LogP) is 0.751. The Hall–Kier alpha value is -0.980. The summed E-state index contributed by atoms with van der Waals surface area (Å²) in [4.78, 5) is 21.2. The maximum Gasteiger partial charge on any atom is 0.308 e. The van der Waals surface area contributed by atoms with E-state index < -0.39 is 5.97 Å². The summed E-state index contributed by atoms with van der Waals surface area (Å²) in [5.74, 6) is -0.775. The summed E-state index contributed by atoms with van der Waals surface area (Å²) < 4.78 is 0. The van der Waals surface area contributed by atoms with Crippen LogP contribution in [0.4, 0.5) is 0 Å². The van der Waals surface area contributed by atoms with E-state index in [1.54, 1.807) is 11.3 Å². The molecule has 4 rings (SSSR count). The minimum atomic E-state index is -0.775. The fraction of sp³-hybridized carbons (Fsp3) is 0.667. The number of hydrogen-bond donors (Lipinski definition) is 1. The van der Waals surface area contributed by atoms with Crippen molar-refractivity contribution in [3.05, 3.63) is 15.6 Å². The second kappa shape index (κ2) is 4.60. The van der Waals surface area contributed by atoms with E-state index in [1.165, 1.54) is 0 Å². The van der Waals surface area contributed by atoms with Crippen LogP contribution in [0, 0.1) is 6.92 Å². The average molecular weight is 267 g/mol. The molecule has 0 aliphatic carbocycles. The van der Waals surface area contributed by atoms with Crippen molar-refractivity contribution in [2.24, 2.45) is 0 Å². The molecule has 2 bridgehead atoms. The van der Waals surface area contributed by atoms with Crippen molar-refractivity contribution in [2.45, 2.75) is 19.4 Å². The molecule has 3 aliphatic heterocycles. The van der Waals surface area contributed by atoms with Gasteiger partial charge in [0, 0.05) is 37.6 Å². The quantitative estimate of drug-likeness (QED) is 0.876. The van der Waals surface area contributed by atoms with Crippen molar-refractivity contribution in [3.63, 3.8) is 0 Å². The van der Waals surface area contributed by atoms with Crippen molar-refractivity contribution < 1.29 is 9.90 Å². The van der Waals surface area contributed by atoms with Gasteiger partial charge in [0.2, 0.25) is 0 Å². The van der Waals surface area contributed by atoms with Gasteiger partial charge in [-0.05, 0) is 6.92 Å². The number of aliphatic carboxylic acids is 1. The highest BCUT2D eigenvalue weighted by Gasteiger charge is 2.34. The molecule has 0 spiro atoms. The Morgan fingerprint density at radius 1 is 1.44 bits per heavy atom. The Morgan fingerprint density at radius 2 is 2.17 bits per heavy atom. The molecule has 18 heavy (non-hydrogen) atoms. The maximum absolute atomic E-state index is 10.8. The molecule has 0 radical (unpaired) electrons. The minimum Gasteiger partial charge on any atom is -0.481 e. The zero-order valence-electron chi connectivity index (χ0n) is 10.4. The zero-order valence-corrected chi connectivity index (χ0v) is 11.2. The number of carboxylic acid groups (broad SMARTS) is 1. The lowest BCUT2D eigenvalue weighted by atomic mass is 10.1. The molecular weight excluding hydrogens is 250 g/mol. The highest BCUT2D eigenvalue weighted by atomic mass is 32.1. The van der Waals surface area contributed by atoms with Crippen LogP contribution in [0.3, 0.4) is 0 Å². The molecule has 0 aromatic carbocycles. The first-order chi connectivity index (χ1) is 8.63. The fourth-order valence-corrected chi connectivity index (χ4v) is 3.93. The van der Waals surface area contributed by atoms with E-state index in [0.29, 0.717) is 6.04 Å². The molecule has 1 N–H and O–H groups in total. The molecule has 1 unspecified atom stereocenters. The minimum absolute atomic E-state index is 0.0972. The van der Waals surface area contributed by atoms with E-state index in [4.69, 9.17) is 5.11 Å². The van der Waals surface area contributed by atoms with Crippen LogP contribution in [0.1, 0.15) is 21.6 Å². The standard InChI is InChI=1S/C12H17N3O2S/c1-8-10(6-11(16)17)18-12(13-8)9-7-14-2-4-15(9)5-3-14/h9H,2-7H2,1H3,(H,16,17). The number of rotatable bonds is 3. The lowest BCUT2D eigenvalue weighted by molar-refractivity contribution is -0.136. The number of carbonyl (C=O) groups is 1. The first-order valence-electron chi connectivity index (χ1n) is 6.28. The highest BCUT2D eigenvalue weighted by molar-refractivity contribution is 7.11. The van der Waals surface area contributed by atoms with E-state index in [2.05, 4.69) is 14.8 Å². The van der Waals surface area contributed by atoms with Gasteiger partial charge in [0.25, 0.3) is 0 Å². The largest absolute Gasteiger partial charge is 0.481 e. The Balaban J connectivity index is 1.82. The van der Waals surface area contributed by atoms with Crippen molar-refractivity contribution in [1.82, 2.24) is 14.8 Å². The van der Waals surface area contributed by atoms with Crippen LogP contribution in [-0.2, 0) is 11.2 Å². The lowest BCUT2D eigenvalue weighted by Crippen LogP contribution is -2.56. The SMILES string of the molecule is Cc1nc(C2CN3CCN2CC3)sc1CC(=O)O. The van der Waals surface area contributed by atoms with Crippen molar-refractivity contribution in [3.8, 4) is 0 Å². The lowest BCUT2D eigenvalue weighted by Gasteiger charge is -2.46. The second-order valence-corrected chi connectivity index (χ2v) is 6.10. The number of hydrogen-bond acceptors (Lipinski definition) is 5. The third-order valence-electron chi connectivity index (χ3n) is 3.78. The molecule has 1 aromatic heterocycles. The van der Waals surface area contributed by atoms with E-state index in [9.17, 15) is 4.79 Å². The Kier molecular flexibility index (Phi) is 3.09. The van der Waals surface area contributed by atoms with Gasteiger partial charge < -0.3 is 5.11 Å². The number of piperazine rings is 3. The molecule has 0 amide bonds. The Bertz CT molecular complexity index is 466. The maximum atomic E-state index is 10.8. The molecule has 3 fully saturated rings. The van der Waals surface area contributed by atoms with E-state index >= 15 is 0 Å². The molecule has 1 aromatic rings. The number of fused-ring (bicyclic) bond motifs is 3. The summed E-state index contributed by atoms with van der Waals surface area (Å²) in [5.41, 5.74) is 0.884. The smallest absolute Gasteiger partial charge is 0.308 e. The van der Waals surface area contributed by atoms with Gasteiger partial charge in [-0.3, -0.25) is 14.6 Å². The number of nitrogens with zero attached hydrogens (tertiary/aromatic N) is 3. The van der Waals surface area contributed by atoms with Crippen LogP contribution in [0.15, 0.2) is 0 Å². The molecular formula is C12H17N3O2S. The van der Waals surface area contributed by atoms with Gasteiger partial charge >= 0.3 is 5.97 Å². The van der Waals surface area contributed by atoms with Gasteiger partial charge in [-0.2, -0.15) is 0 Å². The van der Waals surface area contributed by atoms with Gasteiger partial charge in [0.1, 0.15) is 5.01 Å². The average Bonchev–Trinajstić information content (AvgIpc) is 2.71. The fourth-order valence-electron chi connectivity index (χ4n) is 2.75. The summed E-state index contributed by atoms with van der Waals surface area (Å²) in [6.45, 7) is 7.48. The number of thiazole rings is 1. The van der Waals surface area contributed by atoms with Crippen LogP contribution in [0.2, 0.25) is 0 Å². The van der Waals surface area contributed by atoms with E-state index in [1.807, 2.05) is 6.92 Å². The molecule has 3 aliphatic rings. The van der Waals surface area contributed by atoms with E-state index in [-0.39, 0.29) is 6.42 Å². The zero-order chi connectivity index (χ0) is 12.7. The van der Waals surface area contributed by atoms with Crippen molar-refractivity contribution in [2.75, 3.05) is 32.7 Å². The molecule has 98 valence electrons. The third-order valence-corrected chi connectivity index (χ3v) is 5.04. The molecule has 4 heterocycles. The van der Waals surface area contributed by atoms with Crippen molar-refractivity contribution >= 4 is 17.3 Å². The molecule has 6 heteroatoms. The number of aromatic nitrogens is 1. The summed E-state index contributed by atoms with van der Waals surface area (Å²) in [5, 5.41) is 9.97. The molecule has 3 saturated heterocycles. The summed E-state index contributed by atoms with van der Waals surface area (Å²) in [6, 6.07) is 0.374. The summed E-state index contributed by atoms with van der Waals surface area (Å²) >= 11 is 1.57. The Labute approximate surface area is 110 Å². The molecule has 1 atom stereocenters. The van der Waals surface area contributed by atoms with Gasteiger partial charge in [0.15, 0.2) is 0 Å². The number of carboxylic acids is 1. The normalized spacial score (nSPS) is 30.6. The van der Waals surface area contributed by atoms with E-state index in [0.717, 1.165) is 48.3 Å². The van der Waals surface area contributed by atoms with Crippen LogP contribution in [0.5, 0.6) is 0 Å². The first-order valence-corrected chi connectivity index (χ1v) is 7.09. The highest BCUT2D eigenvalue weighted by Crippen LogP contribution is 2.32. The van der Waals surface area contributed by atoms with Gasteiger partial charge in [-0.1, -0.05) is 0 Å². The van der Waals surface area contributed by atoms with Crippen LogP contribution in [-0.4, -0.2) is 58.6 Å². The third kappa shape index (κ3) is 2.15. The molecule has 0 saturated carbocycles. The monoisotopic (exact) mass is 267 g/mol. The molecule has 5 nitrogen and oxygen atoms in total. The first kappa shape index (κ1) is 12.1. The Morgan fingerprint density at radius 3 is 2.72 bits per heavy atom. The number of aryl methyl sites for hydroxylation is 1. The second-order valence-electron chi connectivity index (χ2n) is 4.98. The van der Waals surface area contributed by atoms with Crippen LogP contribution in [0.25, 0.3) is 0 Å². The van der Waals surface area contributed by atoms with Gasteiger partial charge in [0.05, 0.1) is 18.2 Å². The van der Waals surface area contributed by atoms with Gasteiger partial charge in [-0.25, -0.2) is 4.98 Å². The van der Waals surface area contributed by atoms with Crippen molar-refractivity contribution in [1.29, 1.82) is 0 Å².